The van der Waals surface area contributed by atoms with Crippen molar-refractivity contribution >= 4 is 11.9 Å². The van der Waals surface area contributed by atoms with Crippen molar-refractivity contribution in [2.45, 2.75) is 26.4 Å². The first-order chi connectivity index (χ1) is 13.0. The Morgan fingerprint density at radius 1 is 1.07 bits per heavy atom. The lowest BCUT2D eigenvalue weighted by Gasteiger charge is -2.10. The number of esters is 1. The van der Waals surface area contributed by atoms with E-state index in [1.54, 1.807) is 0 Å². The van der Waals surface area contributed by atoms with E-state index in [-0.39, 0.29) is 30.4 Å². The maximum atomic E-state index is 12.4. The number of rotatable bonds is 9. The van der Waals surface area contributed by atoms with E-state index in [9.17, 15) is 18.4 Å². The summed E-state index contributed by atoms with van der Waals surface area (Å²) in [7, 11) is 0. The van der Waals surface area contributed by atoms with Gasteiger partial charge in [-0.25, -0.2) is 4.79 Å². The fourth-order valence-electron chi connectivity index (χ4n) is 2.35. The van der Waals surface area contributed by atoms with Crippen molar-refractivity contribution in [3.05, 3.63) is 65.2 Å². The second kappa shape index (κ2) is 10.3. The molecule has 144 valence electrons. The van der Waals surface area contributed by atoms with Gasteiger partial charge in [0.25, 0.3) is 0 Å². The summed E-state index contributed by atoms with van der Waals surface area (Å²) in [6.07, 6.45) is 0.937. The lowest BCUT2D eigenvalue weighted by molar-refractivity contribution is -0.121. The Morgan fingerprint density at radius 3 is 2.48 bits per heavy atom. The second-order valence-electron chi connectivity index (χ2n) is 5.85. The van der Waals surface area contributed by atoms with Gasteiger partial charge in [-0.2, -0.15) is 8.78 Å². The molecule has 0 saturated carbocycles. The van der Waals surface area contributed by atoms with Crippen LogP contribution in [0.1, 0.15) is 27.9 Å². The number of hydrogen-bond donors (Lipinski definition) is 1. The van der Waals surface area contributed by atoms with Crippen LogP contribution in [-0.2, 0) is 16.0 Å². The van der Waals surface area contributed by atoms with E-state index in [4.69, 9.17) is 4.74 Å². The van der Waals surface area contributed by atoms with E-state index in [1.165, 1.54) is 24.3 Å². The molecule has 0 spiro atoms. The summed E-state index contributed by atoms with van der Waals surface area (Å²) in [4.78, 5) is 23.8. The van der Waals surface area contributed by atoms with Crippen molar-refractivity contribution in [3.8, 4) is 5.75 Å². The van der Waals surface area contributed by atoms with Crippen molar-refractivity contribution < 1.29 is 27.8 Å². The lowest BCUT2D eigenvalue weighted by atomic mass is 10.1. The molecule has 0 radical (unpaired) electrons. The molecular weight excluding hydrogens is 356 g/mol. The van der Waals surface area contributed by atoms with E-state index in [0.717, 1.165) is 11.1 Å². The van der Waals surface area contributed by atoms with Gasteiger partial charge in [-0.1, -0.05) is 42.0 Å². The fraction of sp³-hybridized carbons (Fsp3) is 0.300. The van der Waals surface area contributed by atoms with Crippen LogP contribution in [0, 0.1) is 6.92 Å². The summed E-state index contributed by atoms with van der Waals surface area (Å²) in [5.41, 5.74) is 2.13. The monoisotopic (exact) mass is 377 g/mol. The molecule has 7 heteroatoms. The third kappa shape index (κ3) is 7.05. The van der Waals surface area contributed by atoms with Crippen molar-refractivity contribution in [3.63, 3.8) is 0 Å². The van der Waals surface area contributed by atoms with Crippen LogP contribution >= 0.6 is 0 Å². The van der Waals surface area contributed by atoms with Crippen LogP contribution in [0.5, 0.6) is 5.75 Å². The summed E-state index contributed by atoms with van der Waals surface area (Å²) in [5.74, 6) is -1.20. The van der Waals surface area contributed by atoms with Gasteiger partial charge < -0.3 is 14.8 Å². The number of para-hydroxylation sites is 1. The number of benzene rings is 2. The zero-order valence-electron chi connectivity index (χ0n) is 14.9. The molecule has 0 saturated heterocycles. The van der Waals surface area contributed by atoms with E-state index in [0.29, 0.717) is 12.8 Å². The van der Waals surface area contributed by atoms with E-state index < -0.39 is 12.6 Å². The molecule has 0 aliphatic heterocycles. The van der Waals surface area contributed by atoms with E-state index in [1.807, 2.05) is 31.2 Å². The smallest absolute Gasteiger partial charge is 0.387 e. The van der Waals surface area contributed by atoms with Crippen molar-refractivity contribution in [1.82, 2.24) is 5.32 Å². The molecule has 0 aromatic heterocycles. The van der Waals surface area contributed by atoms with Crippen LogP contribution in [0.15, 0.2) is 48.5 Å². The second-order valence-corrected chi connectivity index (χ2v) is 5.85. The number of halogens is 2. The Balaban J connectivity index is 1.71. The molecule has 5 nitrogen and oxygen atoms in total. The van der Waals surface area contributed by atoms with Crippen LogP contribution in [-0.4, -0.2) is 31.6 Å². The van der Waals surface area contributed by atoms with Gasteiger partial charge in [-0.15, -0.1) is 0 Å². The van der Waals surface area contributed by atoms with Gasteiger partial charge in [-0.05, 0) is 31.0 Å². The Bertz CT molecular complexity index is 763. The molecule has 1 amide bonds. The van der Waals surface area contributed by atoms with Gasteiger partial charge in [0.15, 0.2) is 0 Å². The van der Waals surface area contributed by atoms with E-state index in [2.05, 4.69) is 10.1 Å². The Kier molecular flexibility index (Phi) is 7.73. The minimum Gasteiger partial charge on any atom is -0.460 e. The molecule has 0 heterocycles. The SMILES string of the molecule is Cc1ccc(CCC(=O)NCCOC(=O)c2ccccc2OC(F)F)cc1. The first-order valence-electron chi connectivity index (χ1n) is 8.49. The molecule has 1 N–H and O–H groups in total. The first-order valence-corrected chi connectivity index (χ1v) is 8.49. The maximum Gasteiger partial charge on any atom is 0.387 e. The minimum atomic E-state index is -3.04. The summed E-state index contributed by atoms with van der Waals surface area (Å²) in [5, 5.41) is 2.65. The molecule has 0 aliphatic rings. The highest BCUT2D eigenvalue weighted by Crippen LogP contribution is 2.20. The number of carbonyl (C=O) groups excluding carboxylic acids is 2. The largest absolute Gasteiger partial charge is 0.460 e. The standard InChI is InChI=1S/C20H21F2NO4/c1-14-6-8-15(9-7-14)10-11-18(24)23-12-13-26-19(25)16-4-2-3-5-17(16)27-20(21)22/h2-9,20H,10-13H2,1H3,(H,23,24). The number of aryl methyl sites for hydroxylation is 2. The molecular formula is C20H21F2NO4. The summed E-state index contributed by atoms with van der Waals surface area (Å²) in [6, 6.07) is 13.5. The van der Waals surface area contributed by atoms with Crippen LogP contribution in [0.25, 0.3) is 0 Å². The highest BCUT2D eigenvalue weighted by Gasteiger charge is 2.16. The van der Waals surface area contributed by atoms with Crippen molar-refractivity contribution in [2.75, 3.05) is 13.2 Å². The molecule has 0 atom stereocenters. The third-order valence-electron chi connectivity index (χ3n) is 3.74. The van der Waals surface area contributed by atoms with Gasteiger partial charge in [0, 0.05) is 6.42 Å². The van der Waals surface area contributed by atoms with Gasteiger partial charge >= 0.3 is 12.6 Å². The average Bonchev–Trinajstić information content (AvgIpc) is 2.64. The highest BCUT2D eigenvalue weighted by atomic mass is 19.3. The summed E-state index contributed by atoms with van der Waals surface area (Å²) in [6.45, 7) is -0.976. The predicted molar refractivity (Wildman–Crippen MR) is 95.9 cm³/mol. The number of ether oxygens (including phenoxy) is 2. The van der Waals surface area contributed by atoms with Crippen LogP contribution in [0.3, 0.4) is 0 Å². The van der Waals surface area contributed by atoms with Crippen molar-refractivity contribution in [1.29, 1.82) is 0 Å². The quantitative estimate of drug-likeness (QED) is 0.537. The molecule has 2 aromatic carbocycles. The zero-order valence-corrected chi connectivity index (χ0v) is 14.9. The molecule has 0 bridgehead atoms. The number of hydrogen-bond acceptors (Lipinski definition) is 4. The molecule has 2 rings (SSSR count). The molecule has 0 aliphatic carbocycles. The predicted octanol–water partition coefficient (Wildman–Crippen LogP) is 3.50. The van der Waals surface area contributed by atoms with Gasteiger partial charge in [-0.3, -0.25) is 4.79 Å². The highest BCUT2D eigenvalue weighted by molar-refractivity contribution is 5.92. The number of amides is 1. The van der Waals surface area contributed by atoms with Crippen LogP contribution < -0.4 is 10.1 Å². The van der Waals surface area contributed by atoms with Crippen LogP contribution in [0.2, 0.25) is 0 Å². The Hall–Kier alpha value is -2.96. The van der Waals surface area contributed by atoms with Crippen LogP contribution in [0.4, 0.5) is 8.78 Å². The lowest BCUT2D eigenvalue weighted by Crippen LogP contribution is -2.28. The first kappa shape index (κ1) is 20.4. The fourth-order valence-corrected chi connectivity index (χ4v) is 2.35. The number of carbonyl (C=O) groups is 2. The molecule has 27 heavy (non-hydrogen) atoms. The van der Waals surface area contributed by atoms with Crippen molar-refractivity contribution in [2.24, 2.45) is 0 Å². The van der Waals surface area contributed by atoms with E-state index >= 15 is 0 Å². The topological polar surface area (TPSA) is 64.6 Å². The number of nitrogens with one attached hydrogen (secondary N) is 1. The summed E-state index contributed by atoms with van der Waals surface area (Å²) < 4.78 is 34.0. The maximum absolute atomic E-state index is 12.4. The third-order valence-corrected chi connectivity index (χ3v) is 3.74. The molecule has 0 unspecified atom stereocenters. The zero-order chi connectivity index (χ0) is 19.6. The number of alkyl halides is 2. The molecule has 0 fully saturated rings. The Labute approximate surface area is 156 Å². The average molecular weight is 377 g/mol. The van der Waals surface area contributed by atoms with Gasteiger partial charge in [0.1, 0.15) is 17.9 Å². The summed E-state index contributed by atoms with van der Waals surface area (Å²) >= 11 is 0. The van der Waals surface area contributed by atoms with Gasteiger partial charge in [0.05, 0.1) is 6.54 Å². The minimum absolute atomic E-state index is 0.0713. The molecule has 2 aromatic rings. The Morgan fingerprint density at radius 2 is 1.78 bits per heavy atom. The van der Waals surface area contributed by atoms with Gasteiger partial charge in [0.2, 0.25) is 5.91 Å². The normalized spacial score (nSPS) is 10.5.